The number of fused-ring (bicyclic) bond motifs is 1. The molecule has 1 N–H and O–H groups in total. The molecule has 0 spiro atoms. The highest BCUT2D eigenvalue weighted by molar-refractivity contribution is 6.05. The predicted molar refractivity (Wildman–Crippen MR) is 154 cm³/mol. The average molecular weight is 605 g/mol. The summed E-state index contributed by atoms with van der Waals surface area (Å²) in [4.78, 5) is 30.9. The van der Waals surface area contributed by atoms with E-state index in [9.17, 15) is 32.4 Å². The van der Waals surface area contributed by atoms with E-state index >= 15 is 0 Å². The van der Waals surface area contributed by atoms with Crippen LogP contribution in [0.1, 0.15) is 45.6 Å². The number of halogens is 4. The number of carbonyl (C=O) groups is 2. The molecule has 0 aliphatic carbocycles. The SMILES string of the molecule is CCN1C(=O)[C@@H](NC(=O)c2cccc(C(F)(F)F)c2)[C@@H](c2ccc(F)cc2)c2c(CN(C)CC#N)nn(-c3ccccc3)c21. The first-order valence-corrected chi connectivity index (χ1v) is 13.8. The Labute approximate surface area is 251 Å². The van der Waals surface area contributed by atoms with Crippen molar-refractivity contribution in [3.63, 3.8) is 0 Å². The number of hydrogen-bond donors (Lipinski definition) is 1. The molecule has 1 aromatic heterocycles. The Morgan fingerprint density at radius 2 is 1.77 bits per heavy atom. The molecule has 8 nitrogen and oxygen atoms in total. The molecular weight excluding hydrogens is 576 g/mol. The van der Waals surface area contributed by atoms with Crippen LogP contribution in [-0.4, -0.2) is 52.7 Å². The molecule has 3 aromatic carbocycles. The minimum Gasteiger partial charge on any atom is -0.339 e. The number of nitrogens with zero attached hydrogens (tertiary/aromatic N) is 5. The maximum Gasteiger partial charge on any atom is 0.416 e. The van der Waals surface area contributed by atoms with Gasteiger partial charge in [-0.3, -0.25) is 19.4 Å². The van der Waals surface area contributed by atoms with Crippen LogP contribution < -0.4 is 10.2 Å². The number of anilines is 1. The quantitative estimate of drug-likeness (QED) is 0.218. The number of para-hydroxylation sites is 1. The summed E-state index contributed by atoms with van der Waals surface area (Å²) in [7, 11) is 1.74. The van der Waals surface area contributed by atoms with E-state index in [1.165, 1.54) is 35.2 Å². The fourth-order valence-corrected chi connectivity index (χ4v) is 5.46. The molecule has 0 saturated carbocycles. The first kappa shape index (κ1) is 30.4. The topological polar surface area (TPSA) is 94.3 Å². The highest BCUT2D eigenvalue weighted by Crippen LogP contribution is 2.44. The van der Waals surface area contributed by atoms with E-state index in [2.05, 4.69) is 11.4 Å². The summed E-state index contributed by atoms with van der Waals surface area (Å²) in [6.45, 7) is 2.23. The Morgan fingerprint density at radius 1 is 1.07 bits per heavy atom. The van der Waals surface area contributed by atoms with Crippen molar-refractivity contribution >= 4 is 17.6 Å². The van der Waals surface area contributed by atoms with E-state index in [0.717, 1.165) is 18.2 Å². The van der Waals surface area contributed by atoms with Gasteiger partial charge in [0.25, 0.3) is 11.8 Å². The Bertz CT molecular complexity index is 1710. The zero-order valence-corrected chi connectivity index (χ0v) is 23.8. The molecule has 226 valence electrons. The third-order valence-corrected chi connectivity index (χ3v) is 7.45. The lowest BCUT2D eigenvalue weighted by Crippen LogP contribution is -2.55. The number of benzene rings is 3. The van der Waals surface area contributed by atoms with Crippen molar-refractivity contribution in [3.8, 4) is 11.8 Å². The van der Waals surface area contributed by atoms with E-state index in [0.29, 0.717) is 28.3 Å². The molecular formula is C32H28F4N6O2. The van der Waals surface area contributed by atoms with Crippen LogP contribution in [0.3, 0.4) is 0 Å². The minimum atomic E-state index is -4.67. The van der Waals surface area contributed by atoms with Gasteiger partial charge in [-0.15, -0.1) is 0 Å². The summed E-state index contributed by atoms with van der Waals surface area (Å²) in [5.41, 5.74) is 0.963. The lowest BCUT2D eigenvalue weighted by Gasteiger charge is -2.38. The van der Waals surface area contributed by atoms with Gasteiger partial charge >= 0.3 is 6.18 Å². The van der Waals surface area contributed by atoms with Crippen LogP contribution in [-0.2, 0) is 17.5 Å². The first-order chi connectivity index (χ1) is 21.0. The van der Waals surface area contributed by atoms with E-state index in [-0.39, 0.29) is 25.2 Å². The predicted octanol–water partition coefficient (Wildman–Crippen LogP) is 5.28. The fraction of sp³-hybridized carbons (Fsp3) is 0.250. The van der Waals surface area contributed by atoms with Gasteiger partial charge in [0, 0.05) is 30.1 Å². The molecule has 2 atom stereocenters. The van der Waals surface area contributed by atoms with Crippen molar-refractivity contribution in [2.24, 2.45) is 0 Å². The third kappa shape index (κ3) is 5.91. The van der Waals surface area contributed by atoms with Gasteiger partial charge in [0.2, 0.25) is 0 Å². The summed E-state index contributed by atoms with van der Waals surface area (Å²) in [5, 5.41) is 16.9. The Hall–Kier alpha value is -5.02. The number of carbonyl (C=O) groups excluding carboxylic acids is 2. The zero-order valence-electron chi connectivity index (χ0n) is 23.8. The molecule has 0 saturated heterocycles. The van der Waals surface area contributed by atoms with Crippen LogP contribution >= 0.6 is 0 Å². The van der Waals surface area contributed by atoms with Crippen LogP contribution in [0.2, 0.25) is 0 Å². The second-order valence-electron chi connectivity index (χ2n) is 10.4. The Balaban J connectivity index is 1.71. The maximum atomic E-state index is 14.2. The monoisotopic (exact) mass is 604 g/mol. The first-order valence-electron chi connectivity index (χ1n) is 13.8. The minimum absolute atomic E-state index is 0.0836. The molecule has 2 amide bonds. The maximum absolute atomic E-state index is 14.2. The Kier molecular flexibility index (Phi) is 8.51. The summed E-state index contributed by atoms with van der Waals surface area (Å²) in [6, 6.07) is 19.4. The van der Waals surface area contributed by atoms with Gasteiger partial charge in [-0.1, -0.05) is 36.4 Å². The second kappa shape index (κ2) is 12.3. The number of alkyl halides is 3. The molecule has 0 radical (unpaired) electrons. The van der Waals surface area contributed by atoms with Gasteiger partial charge < -0.3 is 5.32 Å². The van der Waals surface area contributed by atoms with E-state index in [4.69, 9.17) is 5.10 Å². The van der Waals surface area contributed by atoms with Crippen molar-refractivity contribution in [3.05, 3.63) is 113 Å². The standard InChI is InChI=1S/C32H28F4N6O2/c1-3-41-30-27(25(19-40(2)17-16-37)39-42(30)24-10-5-4-6-11-24)26(20-12-14-23(33)15-13-20)28(31(41)44)38-29(43)21-8-7-9-22(18-21)32(34,35)36/h4-15,18,26,28H,3,17,19H2,1-2H3,(H,38,43)/t26-,28-/m0/s1. The highest BCUT2D eigenvalue weighted by atomic mass is 19.4. The molecule has 0 fully saturated rings. The molecule has 0 unspecified atom stereocenters. The van der Waals surface area contributed by atoms with Gasteiger partial charge in [0.1, 0.15) is 17.7 Å². The lowest BCUT2D eigenvalue weighted by molar-refractivity contribution is -0.137. The van der Waals surface area contributed by atoms with Gasteiger partial charge in [0.05, 0.1) is 29.6 Å². The number of aromatic nitrogens is 2. The van der Waals surface area contributed by atoms with Gasteiger partial charge in [0.15, 0.2) is 0 Å². The van der Waals surface area contributed by atoms with E-state index in [1.807, 2.05) is 30.3 Å². The molecule has 12 heteroatoms. The highest BCUT2D eigenvalue weighted by Gasteiger charge is 2.46. The number of nitriles is 1. The normalized spacial score (nSPS) is 16.5. The zero-order chi connectivity index (χ0) is 31.6. The molecule has 4 aromatic rings. The van der Waals surface area contributed by atoms with Crippen LogP contribution in [0.4, 0.5) is 23.4 Å². The average Bonchev–Trinajstić information content (AvgIpc) is 3.36. The van der Waals surface area contributed by atoms with Crippen LogP contribution in [0.25, 0.3) is 5.69 Å². The van der Waals surface area contributed by atoms with Crippen LogP contribution in [0, 0.1) is 17.1 Å². The van der Waals surface area contributed by atoms with Crippen molar-refractivity contribution in [2.75, 3.05) is 25.0 Å². The number of nitrogens with one attached hydrogen (secondary N) is 1. The molecule has 44 heavy (non-hydrogen) atoms. The van der Waals surface area contributed by atoms with Gasteiger partial charge in [-0.2, -0.15) is 23.5 Å². The van der Waals surface area contributed by atoms with Crippen molar-refractivity contribution < 1.29 is 27.2 Å². The largest absolute Gasteiger partial charge is 0.416 e. The Morgan fingerprint density at radius 3 is 2.41 bits per heavy atom. The van der Waals surface area contributed by atoms with Crippen molar-refractivity contribution in [2.45, 2.75) is 31.6 Å². The fourth-order valence-electron chi connectivity index (χ4n) is 5.46. The van der Waals surface area contributed by atoms with Crippen LogP contribution in [0.5, 0.6) is 0 Å². The molecule has 2 heterocycles. The van der Waals surface area contributed by atoms with Crippen molar-refractivity contribution in [1.82, 2.24) is 20.0 Å². The smallest absolute Gasteiger partial charge is 0.339 e. The van der Waals surface area contributed by atoms with Crippen LogP contribution in [0.15, 0.2) is 78.9 Å². The summed E-state index contributed by atoms with van der Waals surface area (Å²) >= 11 is 0. The number of likely N-dealkylation sites (N-methyl/N-ethyl adjacent to an activating group) is 1. The molecule has 5 rings (SSSR count). The molecule has 0 bridgehead atoms. The number of amides is 2. The number of hydrogen-bond acceptors (Lipinski definition) is 5. The summed E-state index contributed by atoms with van der Waals surface area (Å²) in [5.74, 6) is -2.34. The lowest BCUT2D eigenvalue weighted by atomic mass is 9.80. The number of rotatable bonds is 8. The molecule has 1 aliphatic heterocycles. The van der Waals surface area contributed by atoms with E-state index < -0.39 is 41.3 Å². The van der Waals surface area contributed by atoms with E-state index in [1.54, 1.807) is 23.6 Å². The van der Waals surface area contributed by atoms with Gasteiger partial charge in [-0.05, 0) is 62.0 Å². The molecule has 1 aliphatic rings. The second-order valence-corrected chi connectivity index (χ2v) is 10.4. The van der Waals surface area contributed by atoms with Crippen molar-refractivity contribution in [1.29, 1.82) is 5.26 Å². The summed E-state index contributed by atoms with van der Waals surface area (Å²) < 4.78 is 56.0. The third-order valence-electron chi connectivity index (χ3n) is 7.45. The summed E-state index contributed by atoms with van der Waals surface area (Å²) in [6.07, 6.45) is -4.67. The van der Waals surface area contributed by atoms with Gasteiger partial charge in [-0.25, -0.2) is 9.07 Å².